The van der Waals surface area contributed by atoms with Crippen LogP contribution in [0.2, 0.25) is 0 Å². The zero-order chi connectivity index (χ0) is 17.5. The first-order valence-corrected chi connectivity index (χ1v) is 8.52. The Kier molecular flexibility index (Phi) is 6.87. The van der Waals surface area contributed by atoms with Gasteiger partial charge in [-0.3, -0.25) is 9.59 Å². The first kappa shape index (κ1) is 18.5. The summed E-state index contributed by atoms with van der Waals surface area (Å²) in [4.78, 5) is 26.2. The van der Waals surface area contributed by atoms with Crippen molar-refractivity contribution in [3.63, 3.8) is 0 Å². The summed E-state index contributed by atoms with van der Waals surface area (Å²) in [6.45, 7) is 4.20. The van der Waals surface area contributed by atoms with E-state index in [4.69, 9.17) is 0 Å². The summed E-state index contributed by atoms with van der Waals surface area (Å²) in [7, 11) is 0. The number of carbonyl (C=O) groups excluding carboxylic acids is 2. The van der Waals surface area contributed by atoms with Crippen molar-refractivity contribution < 1.29 is 19.1 Å². The SMILES string of the molecule is CCC(=O)Nc1cc(F)ccc1C(=O)CCCN1CCC(O)CC1. The Balaban J connectivity index is 1.90. The maximum Gasteiger partial charge on any atom is 0.224 e. The minimum absolute atomic E-state index is 0.0987. The highest BCUT2D eigenvalue weighted by Crippen LogP contribution is 2.20. The van der Waals surface area contributed by atoms with Crippen LogP contribution in [0.4, 0.5) is 10.1 Å². The van der Waals surface area contributed by atoms with Crippen LogP contribution in [0, 0.1) is 5.82 Å². The van der Waals surface area contributed by atoms with E-state index in [1.807, 2.05) is 0 Å². The number of ketones is 1. The summed E-state index contributed by atoms with van der Waals surface area (Å²) in [5, 5.41) is 12.1. The molecule has 1 aliphatic heterocycles. The number of nitrogens with one attached hydrogen (secondary N) is 1. The number of Topliss-reactive ketones (excluding diaryl/α,β-unsaturated/α-hetero) is 1. The van der Waals surface area contributed by atoms with Gasteiger partial charge in [0.05, 0.1) is 11.8 Å². The number of piperidine rings is 1. The van der Waals surface area contributed by atoms with Crippen molar-refractivity contribution >= 4 is 17.4 Å². The molecule has 132 valence electrons. The number of hydrogen-bond donors (Lipinski definition) is 2. The number of aliphatic hydroxyl groups excluding tert-OH is 1. The van der Waals surface area contributed by atoms with Gasteiger partial charge in [0.2, 0.25) is 5.91 Å². The van der Waals surface area contributed by atoms with Crippen LogP contribution in [-0.4, -0.2) is 47.4 Å². The largest absolute Gasteiger partial charge is 0.393 e. The lowest BCUT2D eigenvalue weighted by Gasteiger charge is -2.29. The Labute approximate surface area is 141 Å². The smallest absolute Gasteiger partial charge is 0.224 e. The second-order valence-electron chi connectivity index (χ2n) is 6.19. The number of amides is 1. The van der Waals surface area contributed by atoms with E-state index in [1.165, 1.54) is 18.2 Å². The van der Waals surface area contributed by atoms with Gasteiger partial charge in [-0.15, -0.1) is 0 Å². The van der Waals surface area contributed by atoms with E-state index in [0.717, 1.165) is 32.5 Å². The third kappa shape index (κ3) is 5.39. The van der Waals surface area contributed by atoms with Crippen molar-refractivity contribution in [2.45, 2.75) is 45.1 Å². The molecule has 0 bridgehead atoms. The van der Waals surface area contributed by atoms with Crippen molar-refractivity contribution in [1.29, 1.82) is 0 Å². The molecule has 0 spiro atoms. The van der Waals surface area contributed by atoms with E-state index in [1.54, 1.807) is 6.92 Å². The lowest BCUT2D eigenvalue weighted by atomic mass is 10.0. The fraction of sp³-hybridized carbons (Fsp3) is 0.556. The average molecular weight is 336 g/mol. The molecule has 2 rings (SSSR count). The van der Waals surface area contributed by atoms with Crippen LogP contribution in [0.1, 0.15) is 49.4 Å². The zero-order valence-electron chi connectivity index (χ0n) is 14.1. The summed E-state index contributed by atoms with van der Waals surface area (Å²) >= 11 is 0. The molecule has 1 aliphatic rings. The molecule has 0 unspecified atom stereocenters. The molecule has 5 nitrogen and oxygen atoms in total. The van der Waals surface area contributed by atoms with Gasteiger partial charge in [-0.25, -0.2) is 4.39 Å². The van der Waals surface area contributed by atoms with Gasteiger partial charge in [0.15, 0.2) is 5.78 Å². The molecule has 0 radical (unpaired) electrons. The predicted molar refractivity (Wildman–Crippen MR) is 90.6 cm³/mol. The Morgan fingerprint density at radius 2 is 2.04 bits per heavy atom. The number of anilines is 1. The van der Waals surface area contributed by atoms with Crippen LogP contribution in [0.15, 0.2) is 18.2 Å². The van der Waals surface area contributed by atoms with Crippen LogP contribution < -0.4 is 5.32 Å². The van der Waals surface area contributed by atoms with Gasteiger partial charge in [-0.05, 0) is 44.0 Å². The maximum atomic E-state index is 13.4. The van der Waals surface area contributed by atoms with Gasteiger partial charge in [0, 0.05) is 31.5 Å². The van der Waals surface area contributed by atoms with Crippen LogP contribution in [-0.2, 0) is 4.79 Å². The molecule has 1 aromatic carbocycles. The minimum Gasteiger partial charge on any atom is -0.393 e. The van der Waals surface area contributed by atoms with Gasteiger partial charge in [0.1, 0.15) is 5.82 Å². The Morgan fingerprint density at radius 1 is 1.33 bits per heavy atom. The Morgan fingerprint density at radius 3 is 2.71 bits per heavy atom. The van der Waals surface area contributed by atoms with E-state index >= 15 is 0 Å². The number of likely N-dealkylation sites (tertiary alicyclic amines) is 1. The molecule has 1 saturated heterocycles. The monoisotopic (exact) mass is 336 g/mol. The second kappa shape index (κ2) is 8.89. The van der Waals surface area contributed by atoms with Gasteiger partial charge in [0.25, 0.3) is 0 Å². The quantitative estimate of drug-likeness (QED) is 0.751. The molecule has 24 heavy (non-hydrogen) atoms. The molecular formula is C18H25FN2O3. The highest BCUT2D eigenvalue weighted by Gasteiger charge is 2.18. The van der Waals surface area contributed by atoms with E-state index in [0.29, 0.717) is 18.4 Å². The normalized spacial score (nSPS) is 16.1. The lowest BCUT2D eigenvalue weighted by Crippen LogP contribution is -2.36. The number of rotatable bonds is 7. The van der Waals surface area contributed by atoms with Gasteiger partial charge in [-0.2, -0.15) is 0 Å². The number of halogens is 1. The van der Waals surface area contributed by atoms with E-state index in [-0.39, 0.29) is 29.9 Å². The van der Waals surface area contributed by atoms with E-state index in [9.17, 15) is 19.1 Å². The highest BCUT2D eigenvalue weighted by atomic mass is 19.1. The van der Waals surface area contributed by atoms with Crippen LogP contribution >= 0.6 is 0 Å². The maximum absolute atomic E-state index is 13.4. The molecule has 0 aliphatic carbocycles. The van der Waals surface area contributed by atoms with Gasteiger partial charge in [-0.1, -0.05) is 6.92 Å². The standard InChI is InChI=1S/C18H25FN2O3/c1-2-18(24)20-16-12-13(19)5-6-15(16)17(23)4-3-9-21-10-7-14(22)8-11-21/h5-6,12,14,22H,2-4,7-11H2,1H3,(H,20,24). The fourth-order valence-corrected chi connectivity index (χ4v) is 2.84. The van der Waals surface area contributed by atoms with Crippen LogP contribution in [0.5, 0.6) is 0 Å². The Hall–Kier alpha value is -1.79. The number of hydrogen-bond acceptors (Lipinski definition) is 4. The summed E-state index contributed by atoms with van der Waals surface area (Å²) in [6.07, 6.45) is 2.67. The molecule has 0 atom stereocenters. The molecule has 1 heterocycles. The molecular weight excluding hydrogens is 311 g/mol. The molecule has 1 aromatic rings. The summed E-state index contributed by atoms with van der Waals surface area (Å²) in [5.41, 5.74) is 0.597. The average Bonchev–Trinajstić information content (AvgIpc) is 2.56. The topological polar surface area (TPSA) is 69.6 Å². The summed E-state index contributed by atoms with van der Waals surface area (Å²) in [6, 6.07) is 3.86. The van der Waals surface area contributed by atoms with E-state index < -0.39 is 5.82 Å². The lowest BCUT2D eigenvalue weighted by molar-refractivity contribution is -0.115. The van der Waals surface area contributed by atoms with Crippen molar-refractivity contribution in [3.05, 3.63) is 29.6 Å². The molecule has 1 fully saturated rings. The molecule has 2 N–H and O–H groups in total. The van der Waals surface area contributed by atoms with E-state index in [2.05, 4.69) is 10.2 Å². The highest BCUT2D eigenvalue weighted by molar-refractivity contribution is 6.04. The summed E-state index contributed by atoms with van der Waals surface area (Å²) in [5.74, 6) is -0.829. The molecule has 0 aromatic heterocycles. The number of nitrogens with zero attached hydrogens (tertiary/aromatic N) is 1. The van der Waals surface area contributed by atoms with Gasteiger partial charge < -0.3 is 15.3 Å². The predicted octanol–water partition coefficient (Wildman–Crippen LogP) is 2.59. The molecule has 6 heteroatoms. The second-order valence-corrected chi connectivity index (χ2v) is 6.19. The Bertz CT molecular complexity index is 584. The molecule has 1 amide bonds. The van der Waals surface area contributed by atoms with Crippen molar-refractivity contribution in [1.82, 2.24) is 4.90 Å². The zero-order valence-corrected chi connectivity index (χ0v) is 14.1. The van der Waals surface area contributed by atoms with Crippen LogP contribution in [0.3, 0.4) is 0 Å². The van der Waals surface area contributed by atoms with Gasteiger partial charge >= 0.3 is 0 Å². The third-order valence-electron chi connectivity index (χ3n) is 4.31. The first-order valence-electron chi connectivity index (χ1n) is 8.52. The molecule has 0 saturated carbocycles. The van der Waals surface area contributed by atoms with Crippen molar-refractivity contribution in [3.8, 4) is 0 Å². The first-order chi connectivity index (χ1) is 11.5. The third-order valence-corrected chi connectivity index (χ3v) is 4.31. The number of carbonyl (C=O) groups is 2. The van der Waals surface area contributed by atoms with Crippen LogP contribution in [0.25, 0.3) is 0 Å². The van der Waals surface area contributed by atoms with Crippen molar-refractivity contribution in [2.75, 3.05) is 25.0 Å². The van der Waals surface area contributed by atoms with Crippen molar-refractivity contribution in [2.24, 2.45) is 0 Å². The number of benzene rings is 1. The fourth-order valence-electron chi connectivity index (χ4n) is 2.84. The number of aliphatic hydroxyl groups is 1. The minimum atomic E-state index is -0.482. The summed E-state index contributed by atoms with van der Waals surface area (Å²) < 4.78 is 13.4.